The lowest BCUT2D eigenvalue weighted by Gasteiger charge is -2.09. The van der Waals surface area contributed by atoms with Crippen molar-refractivity contribution in [1.82, 2.24) is 9.88 Å². The predicted molar refractivity (Wildman–Crippen MR) is 70.6 cm³/mol. The maximum atomic E-state index is 11.7. The monoisotopic (exact) mass is 244 g/mol. The number of aromatic nitrogens is 1. The van der Waals surface area contributed by atoms with Crippen molar-refractivity contribution in [3.8, 4) is 0 Å². The summed E-state index contributed by atoms with van der Waals surface area (Å²) in [6.07, 6.45) is 2.67. The first-order chi connectivity index (χ1) is 8.61. The van der Waals surface area contributed by atoms with Crippen LogP contribution in [0.4, 0.5) is 0 Å². The van der Waals surface area contributed by atoms with E-state index in [0.29, 0.717) is 5.56 Å². The van der Waals surface area contributed by atoms with Crippen LogP contribution in [0.5, 0.6) is 0 Å². The van der Waals surface area contributed by atoms with Gasteiger partial charge in [-0.3, -0.25) is 9.59 Å². The van der Waals surface area contributed by atoms with Crippen molar-refractivity contribution in [3.63, 3.8) is 0 Å². The molecule has 0 saturated carbocycles. The van der Waals surface area contributed by atoms with Crippen LogP contribution in [0.15, 0.2) is 30.5 Å². The van der Waals surface area contributed by atoms with Gasteiger partial charge in [-0.05, 0) is 26.0 Å². The lowest BCUT2D eigenvalue weighted by atomic mass is 10.1. The zero-order valence-corrected chi connectivity index (χ0v) is 10.5. The fraction of sp³-hybridized carbons (Fsp3) is 0.286. The second kappa shape index (κ2) is 5.04. The van der Waals surface area contributed by atoms with Crippen molar-refractivity contribution in [3.05, 3.63) is 36.0 Å². The van der Waals surface area contributed by atoms with Gasteiger partial charge in [-0.2, -0.15) is 0 Å². The van der Waals surface area contributed by atoms with E-state index in [1.54, 1.807) is 6.07 Å². The van der Waals surface area contributed by atoms with Gasteiger partial charge in [0.2, 0.25) is 5.91 Å². The van der Waals surface area contributed by atoms with Gasteiger partial charge in [0.1, 0.15) is 6.54 Å². The van der Waals surface area contributed by atoms with Crippen LogP contribution in [-0.4, -0.2) is 22.8 Å². The molecule has 0 unspecified atom stereocenters. The molecule has 2 aromatic rings. The molecule has 0 spiro atoms. The topological polar surface area (TPSA) is 51.1 Å². The molecule has 0 atom stereocenters. The van der Waals surface area contributed by atoms with Crippen LogP contribution in [0.2, 0.25) is 0 Å². The highest BCUT2D eigenvalue weighted by Gasteiger charge is 2.08. The molecule has 1 aromatic heterocycles. The molecule has 1 amide bonds. The molecule has 0 aliphatic rings. The van der Waals surface area contributed by atoms with Crippen LogP contribution in [0.25, 0.3) is 10.9 Å². The Balaban J connectivity index is 2.30. The summed E-state index contributed by atoms with van der Waals surface area (Å²) in [6.45, 7) is 4.12. The number of aldehydes is 1. The van der Waals surface area contributed by atoms with Crippen molar-refractivity contribution >= 4 is 23.1 Å². The molecular formula is C14H16N2O2. The van der Waals surface area contributed by atoms with Crippen LogP contribution in [-0.2, 0) is 11.3 Å². The summed E-state index contributed by atoms with van der Waals surface area (Å²) in [5.41, 5.74) is 1.55. The second-order valence-corrected chi connectivity index (χ2v) is 4.56. The van der Waals surface area contributed by atoms with E-state index in [4.69, 9.17) is 0 Å². The average Bonchev–Trinajstić information content (AvgIpc) is 2.71. The van der Waals surface area contributed by atoms with E-state index in [0.717, 1.165) is 17.2 Å². The third-order valence-corrected chi connectivity index (χ3v) is 2.74. The first-order valence-corrected chi connectivity index (χ1v) is 5.94. The van der Waals surface area contributed by atoms with Crippen molar-refractivity contribution in [2.75, 3.05) is 0 Å². The van der Waals surface area contributed by atoms with Gasteiger partial charge in [0.15, 0.2) is 6.29 Å². The molecule has 1 N–H and O–H groups in total. The van der Waals surface area contributed by atoms with Crippen molar-refractivity contribution < 1.29 is 9.59 Å². The fourth-order valence-corrected chi connectivity index (χ4v) is 2.01. The molecule has 0 saturated heterocycles. The third kappa shape index (κ3) is 2.42. The predicted octanol–water partition coefficient (Wildman–Crippen LogP) is 1.98. The molecule has 18 heavy (non-hydrogen) atoms. The molecule has 4 heteroatoms. The number of rotatable bonds is 4. The van der Waals surface area contributed by atoms with Gasteiger partial charge in [-0.25, -0.2) is 0 Å². The maximum Gasteiger partial charge on any atom is 0.240 e. The molecule has 4 nitrogen and oxygen atoms in total. The van der Waals surface area contributed by atoms with Gasteiger partial charge in [0, 0.05) is 28.7 Å². The van der Waals surface area contributed by atoms with Crippen molar-refractivity contribution in [2.24, 2.45) is 0 Å². The molecule has 0 aliphatic carbocycles. The number of fused-ring (bicyclic) bond motifs is 1. The average molecular weight is 244 g/mol. The van der Waals surface area contributed by atoms with Gasteiger partial charge in [-0.15, -0.1) is 0 Å². The Morgan fingerprint density at radius 3 is 2.83 bits per heavy atom. The van der Waals surface area contributed by atoms with Gasteiger partial charge >= 0.3 is 0 Å². The van der Waals surface area contributed by atoms with Crippen LogP contribution < -0.4 is 5.32 Å². The summed E-state index contributed by atoms with van der Waals surface area (Å²) < 4.78 is 1.85. The highest BCUT2D eigenvalue weighted by atomic mass is 16.2. The van der Waals surface area contributed by atoms with Gasteiger partial charge in [0.05, 0.1) is 0 Å². The Morgan fingerprint density at radius 1 is 1.39 bits per heavy atom. The Bertz CT molecular complexity index is 584. The number of nitrogens with zero attached hydrogens (tertiary/aromatic N) is 1. The summed E-state index contributed by atoms with van der Waals surface area (Å²) in [4.78, 5) is 22.6. The van der Waals surface area contributed by atoms with E-state index >= 15 is 0 Å². The molecule has 2 rings (SSSR count). The smallest absolute Gasteiger partial charge is 0.240 e. The van der Waals surface area contributed by atoms with E-state index in [1.807, 2.05) is 42.8 Å². The van der Waals surface area contributed by atoms with Crippen LogP contribution >= 0.6 is 0 Å². The largest absolute Gasteiger partial charge is 0.352 e. The number of amides is 1. The maximum absolute atomic E-state index is 11.7. The van der Waals surface area contributed by atoms with Crippen molar-refractivity contribution in [2.45, 2.75) is 26.4 Å². The van der Waals surface area contributed by atoms with Crippen molar-refractivity contribution in [1.29, 1.82) is 0 Å². The van der Waals surface area contributed by atoms with E-state index in [1.165, 1.54) is 0 Å². The quantitative estimate of drug-likeness (QED) is 0.836. The molecule has 94 valence electrons. The summed E-state index contributed by atoms with van der Waals surface area (Å²) in [5, 5.41) is 3.72. The van der Waals surface area contributed by atoms with Crippen LogP contribution in [0.3, 0.4) is 0 Å². The summed E-state index contributed by atoms with van der Waals surface area (Å²) >= 11 is 0. The number of hydrogen-bond acceptors (Lipinski definition) is 2. The summed E-state index contributed by atoms with van der Waals surface area (Å²) in [5.74, 6) is -0.0287. The number of nitrogens with one attached hydrogen (secondary N) is 1. The fourth-order valence-electron chi connectivity index (χ4n) is 2.01. The van der Waals surface area contributed by atoms with Crippen LogP contribution in [0.1, 0.15) is 24.2 Å². The lowest BCUT2D eigenvalue weighted by molar-refractivity contribution is -0.122. The van der Waals surface area contributed by atoms with Crippen LogP contribution in [0, 0.1) is 0 Å². The SMILES string of the molecule is CC(C)NC(=O)Cn1ccc2c(C=O)cccc21. The Labute approximate surface area is 106 Å². The minimum atomic E-state index is -0.0287. The van der Waals surface area contributed by atoms with E-state index < -0.39 is 0 Å². The summed E-state index contributed by atoms with van der Waals surface area (Å²) in [7, 11) is 0. The number of benzene rings is 1. The second-order valence-electron chi connectivity index (χ2n) is 4.56. The Morgan fingerprint density at radius 2 is 2.17 bits per heavy atom. The molecular weight excluding hydrogens is 228 g/mol. The Hall–Kier alpha value is -2.10. The standard InChI is InChI=1S/C14H16N2O2/c1-10(2)15-14(18)8-16-7-6-12-11(9-17)4-3-5-13(12)16/h3-7,9-10H,8H2,1-2H3,(H,15,18). The number of carbonyl (C=O) groups is 2. The molecule has 1 heterocycles. The van der Waals surface area contributed by atoms with E-state index in [-0.39, 0.29) is 18.5 Å². The highest BCUT2D eigenvalue weighted by Crippen LogP contribution is 2.18. The lowest BCUT2D eigenvalue weighted by Crippen LogP contribution is -2.32. The zero-order chi connectivity index (χ0) is 13.1. The molecule has 0 fully saturated rings. The van der Waals surface area contributed by atoms with Gasteiger partial charge in [-0.1, -0.05) is 12.1 Å². The highest BCUT2D eigenvalue weighted by molar-refractivity contribution is 5.97. The van der Waals surface area contributed by atoms with E-state index in [2.05, 4.69) is 5.32 Å². The molecule has 1 aromatic carbocycles. The first kappa shape index (κ1) is 12.4. The summed E-state index contributed by atoms with van der Waals surface area (Å²) in [6, 6.07) is 7.49. The normalized spacial score (nSPS) is 10.8. The Kier molecular flexibility index (Phi) is 3.46. The number of carbonyl (C=O) groups excluding carboxylic acids is 2. The van der Waals surface area contributed by atoms with Gasteiger partial charge in [0.25, 0.3) is 0 Å². The van der Waals surface area contributed by atoms with E-state index in [9.17, 15) is 9.59 Å². The van der Waals surface area contributed by atoms with Gasteiger partial charge < -0.3 is 9.88 Å². The molecule has 0 bridgehead atoms. The molecule has 0 radical (unpaired) electrons. The minimum Gasteiger partial charge on any atom is -0.352 e. The molecule has 0 aliphatic heterocycles. The third-order valence-electron chi connectivity index (χ3n) is 2.74. The minimum absolute atomic E-state index is 0.0287. The number of hydrogen-bond donors (Lipinski definition) is 1. The first-order valence-electron chi connectivity index (χ1n) is 5.94. The zero-order valence-electron chi connectivity index (χ0n) is 10.5.